The van der Waals surface area contributed by atoms with Crippen LogP contribution in [0, 0.1) is 5.82 Å². The van der Waals surface area contributed by atoms with Gasteiger partial charge in [0, 0.05) is 22.5 Å². The molecule has 2 aromatic rings. The first-order chi connectivity index (χ1) is 9.49. The SMILES string of the molecule is COc1ccc(C(=O)Nc2cc(F)cc(Cl)c2)c(N)c1. The minimum atomic E-state index is -0.532. The van der Waals surface area contributed by atoms with Crippen molar-refractivity contribution < 1.29 is 13.9 Å². The van der Waals surface area contributed by atoms with E-state index in [1.807, 2.05) is 0 Å². The van der Waals surface area contributed by atoms with Crippen LogP contribution in [0.2, 0.25) is 5.02 Å². The fraction of sp³-hybridized carbons (Fsp3) is 0.0714. The molecule has 0 saturated carbocycles. The Balaban J connectivity index is 2.23. The van der Waals surface area contributed by atoms with Gasteiger partial charge in [0.1, 0.15) is 11.6 Å². The van der Waals surface area contributed by atoms with E-state index >= 15 is 0 Å². The number of hydrogen-bond acceptors (Lipinski definition) is 3. The van der Waals surface area contributed by atoms with Crippen LogP contribution in [0.15, 0.2) is 36.4 Å². The molecule has 2 aromatic carbocycles. The highest BCUT2D eigenvalue weighted by Crippen LogP contribution is 2.22. The summed E-state index contributed by atoms with van der Waals surface area (Å²) in [6, 6.07) is 8.45. The molecule has 20 heavy (non-hydrogen) atoms. The molecule has 0 unspecified atom stereocenters. The topological polar surface area (TPSA) is 64.3 Å². The van der Waals surface area contributed by atoms with Gasteiger partial charge >= 0.3 is 0 Å². The van der Waals surface area contributed by atoms with Gasteiger partial charge in [-0.1, -0.05) is 11.6 Å². The lowest BCUT2D eigenvalue weighted by Crippen LogP contribution is -2.14. The van der Waals surface area contributed by atoms with E-state index < -0.39 is 11.7 Å². The van der Waals surface area contributed by atoms with Gasteiger partial charge in [-0.05, 0) is 30.3 Å². The third kappa shape index (κ3) is 3.19. The number of ether oxygens (including phenoxy) is 1. The van der Waals surface area contributed by atoms with Crippen LogP contribution in [-0.4, -0.2) is 13.0 Å². The summed E-state index contributed by atoms with van der Waals surface area (Å²) in [6.45, 7) is 0. The zero-order valence-corrected chi connectivity index (χ0v) is 11.4. The van der Waals surface area contributed by atoms with E-state index in [2.05, 4.69) is 5.32 Å². The highest BCUT2D eigenvalue weighted by atomic mass is 35.5. The van der Waals surface area contributed by atoms with Gasteiger partial charge in [-0.25, -0.2) is 4.39 Å². The Hall–Kier alpha value is -2.27. The quantitative estimate of drug-likeness (QED) is 0.854. The first-order valence-electron chi connectivity index (χ1n) is 5.70. The molecule has 4 nitrogen and oxygen atoms in total. The average Bonchev–Trinajstić information content (AvgIpc) is 2.36. The van der Waals surface area contributed by atoms with Crippen LogP contribution >= 0.6 is 11.6 Å². The van der Waals surface area contributed by atoms with E-state index in [9.17, 15) is 9.18 Å². The van der Waals surface area contributed by atoms with Crippen LogP contribution in [0.3, 0.4) is 0 Å². The Bertz CT molecular complexity index is 641. The maximum absolute atomic E-state index is 13.2. The second kappa shape index (κ2) is 5.79. The molecule has 0 aromatic heterocycles. The molecule has 0 aliphatic carbocycles. The summed E-state index contributed by atoms with van der Waals surface area (Å²) in [4.78, 5) is 12.1. The Kier molecular flexibility index (Phi) is 4.10. The maximum Gasteiger partial charge on any atom is 0.257 e. The number of hydrogen-bond donors (Lipinski definition) is 2. The summed E-state index contributed by atoms with van der Waals surface area (Å²) in [6.07, 6.45) is 0. The molecular weight excluding hydrogens is 283 g/mol. The van der Waals surface area contributed by atoms with Crippen LogP contribution < -0.4 is 15.8 Å². The van der Waals surface area contributed by atoms with Crippen LogP contribution in [-0.2, 0) is 0 Å². The number of carbonyl (C=O) groups is 1. The van der Waals surface area contributed by atoms with Gasteiger partial charge in [-0.3, -0.25) is 4.79 Å². The molecule has 104 valence electrons. The third-order valence-electron chi connectivity index (χ3n) is 2.62. The molecule has 3 N–H and O–H groups in total. The van der Waals surface area contributed by atoms with Crippen molar-refractivity contribution in [3.63, 3.8) is 0 Å². The number of nitrogen functional groups attached to an aromatic ring is 1. The predicted molar refractivity (Wildman–Crippen MR) is 76.8 cm³/mol. The van der Waals surface area contributed by atoms with Crippen molar-refractivity contribution in [2.24, 2.45) is 0 Å². The van der Waals surface area contributed by atoms with E-state index in [4.69, 9.17) is 22.1 Å². The number of anilines is 2. The molecule has 0 fully saturated rings. The highest BCUT2D eigenvalue weighted by Gasteiger charge is 2.11. The van der Waals surface area contributed by atoms with E-state index in [1.165, 1.54) is 31.4 Å². The van der Waals surface area contributed by atoms with Crippen molar-refractivity contribution in [2.45, 2.75) is 0 Å². The zero-order valence-electron chi connectivity index (χ0n) is 10.6. The largest absolute Gasteiger partial charge is 0.497 e. The standard InChI is InChI=1S/C14H12ClFN2O2/c1-20-11-2-3-12(13(17)7-11)14(19)18-10-5-8(15)4-9(16)6-10/h2-7H,17H2,1H3,(H,18,19). The fourth-order valence-corrected chi connectivity index (χ4v) is 1.92. The first-order valence-corrected chi connectivity index (χ1v) is 6.08. The van der Waals surface area contributed by atoms with Crippen LogP contribution in [0.4, 0.5) is 15.8 Å². The van der Waals surface area contributed by atoms with Crippen molar-refractivity contribution in [3.8, 4) is 5.75 Å². The van der Waals surface area contributed by atoms with Crippen molar-refractivity contribution in [1.29, 1.82) is 0 Å². The first kappa shape index (κ1) is 14.1. The van der Waals surface area contributed by atoms with Crippen molar-refractivity contribution in [1.82, 2.24) is 0 Å². The van der Waals surface area contributed by atoms with E-state index in [-0.39, 0.29) is 22.0 Å². The smallest absolute Gasteiger partial charge is 0.257 e. The molecular formula is C14H12ClFN2O2. The molecule has 0 aliphatic rings. The summed E-state index contributed by atoms with van der Waals surface area (Å²) in [5.74, 6) is -0.435. The van der Waals surface area contributed by atoms with Gasteiger partial charge < -0.3 is 15.8 Å². The number of carbonyl (C=O) groups excluding carboxylic acids is 1. The monoisotopic (exact) mass is 294 g/mol. The molecule has 0 atom stereocenters. The number of benzene rings is 2. The van der Waals surface area contributed by atoms with E-state index in [0.29, 0.717) is 5.75 Å². The summed E-state index contributed by atoms with van der Waals surface area (Å²) in [7, 11) is 1.50. The molecule has 0 bridgehead atoms. The van der Waals surface area contributed by atoms with Gasteiger partial charge in [-0.15, -0.1) is 0 Å². The lowest BCUT2D eigenvalue weighted by Gasteiger charge is -2.09. The molecule has 2 rings (SSSR count). The van der Waals surface area contributed by atoms with Gasteiger partial charge in [0.25, 0.3) is 5.91 Å². The Morgan fingerprint density at radius 2 is 2.05 bits per heavy atom. The Morgan fingerprint density at radius 1 is 1.30 bits per heavy atom. The average molecular weight is 295 g/mol. The summed E-state index contributed by atoms with van der Waals surface area (Å²) in [5, 5.41) is 2.73. The lowest BCUT2D eigenvalue weighted by atomic mass is 10.1. The van der Waals surface area contributed by atoms with Crippen LogP contribution in [0.1, 0.15) is 10.4 Å². The second-order valence-electron chi connectivity index (χ2n) is 4.07. The van der Waals surface area contributed by atoms with Crippen molar-refractivity contribution >= 4 is 28.9 Å². The fourth-order valence-electron chi connectivity index (χ4n) is 1.70. The minimum Gasteiger partial charge on any atom is -0.497 e. The number of halogens is 2. The summed E-state index contributed by atoms with van der Waals surface area (Å²) < 4.78 is 18.2. The molecule has 6 heteroatoms. The lowest BCUT2D eigenvalue weighted by molar-refractivity contribution is 0.102. The Labute approximate surface area is 120 Å². The van der Waals surface area contributed by atoms with E-state index in [0.717, 1.165) is 6.07 Å². The van der Waals surface area contributed by atoms with Crippen molar-refractivity contribution in [2.75, 3.05) is 18.2 Å². The third-order valence-corrected chi connectivity index (χ3v) is 2.84. The predicted octanol–water partition coefficient (Wildman–Crippen LogP) is 3.32. The van der Waals surface area contributed by atoms with Gasteiger partial charge in [-0.2, -0.15) is 0 Å². The minimum absolute atomic E-state index is 0.197. The molecule has 0 radical (unpaired) electrons. The normalized spacial score (nSPS) is 10.2. The molecule has 0 aliphatic heterocycles. The summed E-state index contributed by atoms with van der Waals surface area (Å²) in [5.41, 5.74) is 6.57. The molecule has 0 saturated heterocycles. The van der Waals surface area contributed by atoms with Gasteiger partial charge in [0.2, 0.25) is 0 Å². The second-order valence-corrected chi connectivity index (χ2v) is 4.50. The summed E-state index contributed by atoms with van der Waals surface area (Å²) >= 11 is 5.72. The highest BCUT2D eigenvalue weighted by molar-refractivity contribution is 6.31. The number of amides is 1. The number of rotatable bonds is 3. The van der Waals surface area contributed by atoms with E-state index in [1.54, 1.807) is 6.07 Å². The number of methoxy groups -OCH3 is 1. The van der Waals surface area contributed by atoms with Gasteiger partial charge in [0.15, 0.2) is 0 Å². The zero-order chi connectivity index (χ0) is 14.7. The molecule has 0 spiro atoms. The number of nitrogens with two attached hydrogens (primary N) is 1. The maximum atomic E-state index is 13.2. The van der Waals surface area contributed by atoms with Gasteiger partial charge in [0.05, 0.1) is 12.7 Å². The van der Waals surface area contributed by atoms with Crippen LogP contribution in [0.25, 0.3) is 0 Å². The molecule has 0 heterocycles. The van der Waals surface area contributed by atoms with Crippen molar-refractivity contribution in [3.05, 3.63) is 52.8 Å². The van der Waals surface area contributed by atoms with Crippen LogP contribution in [0.5, 0.6) is 5.75 Å². The molecule has 1 amide bonds. The Morgan fingerprint density at radius 3 is 2.65 bits per heavy atom. The number of nitrogens with one attached hydrogen (secondary N) is 1.